The van der Waals surface area contributed by atoms with Gasteiger partial charge in [0.25, 0.3) is 11.8 Å². The summed E-state index contributed by atoms with van der Waals surface area (Å²) in [5, 5.41) is 3.41. The minimum absolute atomic E-state index is 0.153. The van der Waals surface area contributed by atoms with Crippen LogP contribution in [0.15, 0.2) is 18.2 Å². The van der Waals surface area contributed by atoms with Gasteiger partial charge in [-0.1, -0.05) is 38.3 Å². The molecule has 0 bridgehead atoms. The highest BCUT2D eigenvalue weighted by molar-refractivity contribution is 6.31. The molecule has 0 unspecified atom stereocenters. The molecule has 1 aliphatic rings. The van der Waals surface area contributed by atoms with Crippen LogP contribution in [0, 0.1) is 11.8 Å². The second kappa shape index (κ2) is 7.68. The number of carbonyl (C=O) groups is 2. The molecule has 6 heteroatoms. The molecule has 1 aliphatic carbocycles. The number of hydrogen-bond donors (Lipinski definition) is 2. The summed E-state index contributed by atoms with van der Waals surface area (Å²) in [6.07, 6.45) is 3.32. The van der Waals surface area contributed by atoms with E-state index in [9.17, 15) is 9.59 Å². The van der Waals surface area contributed by atoms with Gasteiger partial charge >= 0.3 is 0 Å². The molecule has 23 heavy (non-hydrogen) atoms. The van der Waals surface area contributed by atoms with Gasteiger partial charge in [-0.25, -0.2) is 0 Å². The Morgan fingerprint density at radius 2 is 2.09 bits per heavy atom. The summed E-state index contributed by atoms with van der Waals surface area (Å²) in [7, 11) is 0. The van der Waals surface area contributed by atoms with E-state index in [0.717, 1.165) is 12.8 Å². The van der Waals surface area contributed by atoms with Crippen molar-refractivity contribution in [2.75, 3.05) is 6.61 Å². The van der Waals surface area contributed by atoms with Gasteiger partial charge in [-0.3, -0.25) is 9.59 Å². The highest BCUT2D eigenvalue weighted by atomic mass is 35.5. The molecule has 1 aromatic rings. The monoisotopic (exact) mass is 338 g/mol. The Labute approximate surface area is 141 Å². The maximum atomic E-state index is 12.1. The van der Waals surface area contributed by atoms with Gasteiger partial charge in [-0.2, -0.15) is 0 Å². The number of benzene rings is 1. The van der Waals surface area contributed by atoms with Crippen LogP contribution in [0.3, 0.4) is 0 Å². The molecule has 3 N–H and O–H groups in total. The van der Waals surface area contributed by atoms with Crippen LogP contribution in [-0.4, -0.2) is 24.5 Å². The summed E-state index contributed by atoms with van der Waals surface area (Å²) in [5.41, 5.74) is 5.47. The van der Waals surface area contributed by atoms with Crippen molar-refractivity contribution in [2.24, 2.45) is 17.6 Å². The largest absolute Gasteiger partial charge is 0.483 e. The topological polar surface area (TPSA) is 81.4 Å². The van der Waals surface area contributed by atoms with Gasteiger partial charge in [0.2, 0.25) is 0 Å². The fourth-order valence-corrected chi connectivity index (χ4v) is 3.17. The Bertz CT molecular complexity index is 591. The second-order valence-corrected chi connectivity index (χ2v) is 6.67. The van der Waals surface area contributed by atoms with Gasteiger partial charge < -0.3 is 15.8 Å². The van der Waals surface area contributed by atoms with E-state index < -0.39 is 5.91 Å². The third-order valence-corrected chi connectivity index (χ3v) is 4.85. The molecule has 2 amide bonds. The number of primary amides is 1. The first-order chi connectivity index (χ1) is 10.9. The summed E-state index contributed by atoms with van der Waals surface area (Å²) < 4.78 is 5.45. The first kappa shape index (κ1) is 17.6. The normalized spacial score (nSPS) is 24.0. The van der Waals surface area contributed by atoms with Crippen LogP contribution >= 0.6 is 11.6 Å². The lowest BCUT2D eigenvalue weighted by Crippen LogP contribution is -2.45. The highest BCUT2D eigenvalue weighted by Gasteiger charge is 2.28. The lowest BCUT2D eigenvalue weighted by molar-refractivity contribution is -0.124. The van der Waals surface area contributed by atoms with Crippen LogP contribution in [0.1, 0.15) is 43.5 Å². The maximum Gasteiger partial charge on any atom is 0.258 e. The van der Waals surface area contributed by atoms with Gasteiger partial charge in [0, 0.05) is 11.1 Å². The molecular weight excluding hydrogens is 316 g/mol. The number of ether oxygens (including phenoxy) is 1. The average molecular weight is 339 g/mol. The molecule has 1 saturated carbocycles. The van der Waals surface area contributed by atoms with E-state index in [1.165, 1.54) is 12.5 Å². The Hall–Kier alpha value is -1.75. The zero-order valence-corrected chi connectivity index (χ0v) is 14.2. The Balaban J connectivity index is 1.93. The van der Waals surface area contributed by atoms with Crippen LogP contribution in [0.4, 0.5) is 0 Å². The van der Waals surface area contributed by atoms with Crippen LogP contribution in [0.2, 0.25) is 5.02 Å². The molecule has 1 aromatic carbocycles. The van der Waals surface area contributed by atoms with Gasteiger partial charge in [-0.05, 0) is 36.5 Å². The quantitative estimate of drug-likeness (QED) is 0.866. The second-order valence-electron chi connectivity index (χ2n) is 6.23. The van der Waals surface area contributed by atoms with E-state index in [2.05, 4.69) is 19.2 Å². The number of nitrogens with one attached hydrogen (secondary N) is 1. The number of carbonyl (C=O) groups excluding carboxylic acids is 2. The van der Waals surface area contributed by atoms with Gasteiger partial charge in [-0.15, -0.1) is 0 Å². The summed E-state index contributed by atoms with van der Waals surface area (Å²) in [6, 6.07) is 4.74. The van der Waals surface area contributed by atoms with E-state index >= 15 is 0 Å². The van der Waals surface area contributed by atoms with Crippen LogP contribution in [0.5, 0.6) is 5.75 Å². The van der Waals surface area contributed by atoms with Crippen molar-refractivity contribution in [3.8, 4) is 5.75 Å². The van der Waals surface area contributed by atoms with Crippen LogP contribution in [-0.2, 0) is 4.79 Å². The third-order valence-electron chi connectivity index (χ3n) is 4.62. The molecule has 2 rings (SSSR count). The smallest absolute Gasteiger partial charge is 0.258 e. The Morgan fingerprint density at radius 1 is 1.35 bits per heavy atom. The number of hydrogen-bond acceptors (Lipinski definition) is 3. The third kappa shape index (κ3) is 4.61. The van der Waals surface area contributed by atoms with Crippen molar-refractivity contribution in [2.45, 2.75) is 39.2 Å². The summed E-state index contributed by atoms with van der Waals surface area (Å²) >= 11 is 5.84. The van der Waals surface area contributed by atoms with E-state index in [1.54, 1.807) is 12.1 Å². The molecule has 0 heterocycles. The van der Waals surface area contributed by atoms with Crippen molar-refractivity contribution in [1.82, 2.24) is 5.32 Å². The van der Waals surface area contributed by atoms with E-state index in [1.807, 2.05) is 0 Å². The van der Waals surface area contributed by atoms with Crippen molar-refractivity contribution in [1.29, 1.82) is 0 Å². The number of amides is 2. The highest BCUT2D eigenvalue weighted by Crippen LogP contribution is 2.29. The van der Waals surface area contributed by atoms with Gasteiger partial charge in [0.15, 0.2) is 6.61 Å². The zero-order chi connectivity index (χ0) is 17.0. The molecule has 5 nitrogen and oxygen atoms in total. The summed E-state index contributed by atoms with van der Waals surface area (Å²) in [6.45, 7) is 4.23. The van der Waals surface area contributed by atoms with Crippen LogP contribution in [0.25, 0.3) is 0 Å². The lowest BCUT2D eigenvalue weighted by atomic mass is 9.78. The van der Waals surface area contributed by atoms with E-state index in [0.29, 0.717) is 16.9 Å². The first-order valence-corrected chi connectivity index (χ1v) is 8.27. The predicted molar refractivity (Wildman–Crippen MR) is 89.6 cm³/mol. The SMILES string of the molecule is C[C@H]1[C@H](C)CCC[C@H]1NC(=O)COc1ccc(Cl)cc1C(N)=O. The Morgan fingerprint density at radius 3 is 2.78 bits per heavy atom. The predicted octanol–water partition coefficient (Wildman–Crippen LogP) is 2.76. The number of rotatable bonds is 5. The molecule has 126 valence electrons. The zero-order valence-electron chi connectivity index (χ0n) is 13.5. The van der Waals surface area contributed by atoms with E-state index in [4.69, 9.17) is 22.1 Å². The summed E-state index contributed by atoms with van der Waals surface area (Å²) in [5.74, 6) is 0.484. The van der Waals surface area contributed by atoms with Crippen molar-refractivity contribution in [3.63, 3.8) is 0 Å². The first-order valence-electron chi connectivity index (χ1n) is 7.90. The standard InChI is InChI=1S/C17H23ClN2O3/c1-10-4-3-5-14(11(10)2)20-16(21)9-23-15-7-6-12(18)8-13(15)17(19)22/h6-8,10-11,14H,3-5,9H2,1-2H3,(H2,19,22)(H,20,21)/t10-,11+,14-/m1/s1. The molecule has 1 fully saturated rings. The molecule has 0 spiro atoms. The van der Waals surface area contributed by atoms with Gasteiger partial charge in [0.1, 0.15) is 5.75 Å². The maximum absolute atomic E-state index is 12.1. The van der Waals surface area contributed by atoms with Crippen molar-refractivity contribution in [3.05, 3.63) is 28.8 Å². The molecule has 0 aromatic heterocycles. The molecule has 0 radical (unpaired) electrons. The minimum atomic E-state index is -0.641. The summed E-state index contributed by atoms with van der Waals surface area (Å²) in [4.78, 5) is 23.5. The average Bonchev–Trinajstić information content (AvgIpc) is 2.50. The van der Waals surface area contributed by atoms with Gasteiger partial charge in [0.05, 0.1) is 5.56 Å². The number of halogens is 1. The minimum Gasteiger partial charge on any atom is -0.483 e. The van der Waals surface area contributed by atoms with Crippen LogP contribution < -0.4 is 15.8 Å². The Kier molecular flexibility index (Phi) is 5.88. The van der Waals surface area contributed by atoms with Crippen molar-refractivity contribution < 1.29 is 14.3 Å². The molecule has 0 aliphatic heterocycles. The fourth-order valence-electron chi connectivity index (χ4n) is 3.00. The lowest BCUT2D eigenvalue weighted by Gasteiger charge is -2.34. The molecule has 0 saturated heterocycles. The van der Waals surface area contributed by atoms with E-state index in [-0.39, 0.29) is 29.9 Å². The number of nitrogens with two attached hydrogens (primary N) is 1. The van der Waals surface area contributed by atoms with Crippen molar-refractivity contribution >= 4 is 23.4 Å². The molecule has 3 atom stereocenters. The fraction of sp³-hybridized carbons (Fsp3) is 0.529. The molecular formula is C17H23ClN2O3.